The van der Waals surface area contributed by atoms with Crippen LogP contribution >= 0.6 is 0 Å². The van der Waals surface area contributed by atoms with Gasteiger partial charge in [0.25, 0.3) is 0 Å². The van der Waals surface area contributed by atoms with Gasteiger partial charge in [0.2, 0.25) is 0 Å². The third-order valence-corrected chi connectivity index (χ3v) is 4.48. The number of Topliss-reactive ketones (excluding diaryl/α,β-unsaturated/α-hetero) is 2. The number of hydrogen-bond acceptors (Lipinski definition) is 3. The molecule has 3 aliphatic rings. The summed E-state index contributed by atoms with van der Waals surface area (Å²) in [5.41, 5.74) is -0.530. The van der Waals surface area contributed by atoms with Crippen molar-refractivity contribution in [3.05, 3.63) is 12.2 Å². The third-order valence-electron chi connectivity index (χ3n) is 4.48. The first-order chi connectivity index (χ1) is 8.23. The standard InChI is InChI=1S/C15H20O3/c1-14(2,3)7-8-12(16)10-9-5-6-15(4,18-9)11(10)13(8)17/h5-6,8-11H,7H2,1-4H3. The molecule has 1 saturated heterocycles. The van der Waals surface area contributed by atoms with Crippen molar-refractivity contribution >= 4 is 11.6 Å². The lowest BCUT2D eigenvalue weighted by molar-refractivity contribution is -0.133. The van der Waals surface area contributed by atoms with Crippen LogP contribution in [0.1, 0.15) is 34.1 Å². The normalized spacial score (nSPS) is 46.0. The summed E-state index contributed by atoms with van der Waals surface area (Å²) in [4.78, 5) is 25.0. The molecule has 0 aromatic heterocycles. The fourth-order valence-corrected chi connectivity index (χ4v) is 3.76. The Labute approximate surface area is 108 Å². The van der Waals surface area contributed by atoms with Crippen LogP contribution in [0.25, 0.3) is 0 Å². The quantitative estimate of drug-likeness (QED) is 0.527. The van der Waals surface area contributed by atoms with Crippen molar-refractivity contribution in [1.82, 2.24) is 0 Å². The van der Waals surface area contributed by atoms with Crippen LogP contribution in [0.3, 0.4) is 0 Å². The first-order valence-corrected chi connectivity index (χ1v) is 6.68. The number of ether oxygens (including phenoxy) is 1. The maximum atomic E-state index is 12.5. The molecule has 2 bridgehead atoms. The Hall–Kier alpha value is -0.960. The molecule has 0 radical (unpaired) electrons. The van der Waals surface area contributed by atoms with Crippen LogP contribution < -0.4 is 0 Å². The third kappa shape index (κ3) is 1.46. The minimum atomic E-state index is -0.533. The average molecular weight is 248 g/mol. The zero-order valence-corrected chi connectivity index (χ0v) is 11.4. The zero-order valence-electron chi connectivity index (χ0n) is 11.4. The lowest BCUT2D eigenvalue weighted by atomic mass is 9.78. The summed E-state index contributed by atoms with van der Waals surface area (Å²) in [6.07, 6.45) is 4.40. The van der Waals surface area contributed by atoms with Gasteiger partial charge < -0.3 is 4.74 Å². The van der Waals surface area contributed by atoms with Crippen molar-refractivity contribution in [2.45, 2.75) is 45.8 Å². The van der Waals surface area contributed by atoms with E-state index in [1.54, 1.807) is 0 Å². The second-order valence-electron chi connectivity index (χ2n) is 7.25. The molecule has 2 fully saturated rings. The molecule has 5 atom stereocenters. The highest BCUT2D eigenvalue weighted by Crippen LogP contribution is 2.54. The highest BCUT2D eigenvalue weighted by Gasteiger charge is 2.65. The summed E-state index contributed by atoms with van der Waals surface area (Å²) >= 11 is 0. The summed E-state index contributed by atoms with van der Waals surface area (Å²) in [6, 6.07) is 0. The van der Waals surface area contributed by atoms with Gasteiger partial charge in [0.15, 0.2) is 0 Å². The molecule has 1 aliphatic carbocycles. The van der Waals surface area contributed by atoms with Gasteiger partial charge in [-0.05, 0) is 18.8 Å². The second kappa shape index (κ2) is 3.32. The van der Waals surface area contributed by atoms with Gasteiger partial charge in [-0.25, -0.2) is 0 Å². The Morgan fingerprint density at radius 3 is 2.50 bits per heavy atom. The minimum Gasteiger partial charge on any atom is -0.362 e. The van der Waals surface area contributed by atoms with E-state index in [0.29, 0.717) is 6.42 Å². The first kappa shape index (κ1) is 12.1. The molecule has 3 heteroatoms. The predicted octanol–water partition coefficient (Wildman–Crippen LogP) is 2.15. The molecule has 3 nitrogen and oxygen atoms in total. The smallest absolute Gasteiger partial charge is 0.150 e. The van der Waals surface area contributed by atoms with E-state index in [4.69, 9.17) is 4.74 Å². The Balaban J connectivity index is 1.93. The van der Waals surface area contributed by atoms with Crippen LogP contribution in [0.5, 0.6) is 0 Å². The van der Waals surface area contributed by atoms with Gasteiger partial charge in [-0.15, -0.1) is 0 Å². The molecule has 18 heavy (non-hydrogen) atoms. The van der Waals surface area contributed by atoms with Crippen molar-refractivity contribution in [2.24, 2.45) is 23.2 Å². The molecular formula is C15H20O3. The number of carbonyl (C=O) groups excluding carboxylic acids is 2. The fraction of sp³-hybridized carbons (Fsp3) is 0.733. The summed E-state index contributed by atoms with van der Waals surface area (Å²) in [6.45, 7) is 8.16. The lowest BCUT2D eigenvalue weighted by Gasteiger charge is -2.25. The van der Waals surface area contributed by atoms with Gasteiger partial charge in [-0.3, -0.25) is 9.59 Å². The Kier molecular flexibility index (Phi) is 2.23. The number of ketones is 2. The number of fused-ring (bicyclic) bond motifs is 5. The van der Waals surface area contributed by atoms with Gasteiger partial charge in [0, 0.05) is 0 Å². The van der Waals surface area contributed by atoms with Gasteiger partial charge in [0.1, 0.15) is 11.6 Å². The van der Waals surface area contributed by atoms with Crippen molar-refractivity contribution in [2.75, 3.05) is 0 Å². The fourth-order valence-electron chi connectivity index (χ4n) is 3.76. The van der Waals surface area contributed by atoms with Crippen molar-refractivity contribution in [1.29, 1.82) is 0 Å². The molecule has 0 aromatic carbocycles. The molecule has 0 aromatic rings. The Bertz CT molecular complexity index is 457. The van der Waals surface area contributed by atoms with Crippen LogP contribution in [0, 0.1) is 23.2 Å². The van der Waals surface area contributed by atoms with Crippen LogP contribution in [0.4, 0.5) is 0 Å². The van der Waals surface area contributed by atoms with E-state index in [0.717, 1.165) is 0 Å². The van der Waals surface area contributed by atoms with Crippen molar-refractivity contribution < 1.29 is 14.3 Å². The number of hydrogen-bond donors (Lipinski definition) is 0. The molecule has 2 heterocycles. The molecular weight excluding hydrogens is 228 g/mol. The maximum Gasteiger partial charge on any atom is 0.150 e. The minimum absolute atomic E-state index is 0.00284. The van der Waals surface area contributed by atoms with Crippen molar-refractivity contribution in [3.63, 3.8) is 0 Å². The Morgan fingerprint density at radius 2 is 1.94 bits per heavy atom. The summed E-state index contributed by atoms with van der Waals surface area (Å²) < 4.78 is 5.79. The van der Waals surface area contributed by atoms with E-state index in [2.05, 4.69) is 20.8 Å². The summed E-state index contributed by atoms with van der Waals surface area (Å²) in [5.74, 6) is -0.662. The molecule has 2 aliphatic heterocycles. The van der Waals surface area contributed by atoms with E-state index < -0.39 is 11.5 Å². The van der Waals surface area contributed by atoms with Gasteiger partial charge in [-0.2, -0.15) is 0 Å². The zero-order chi connectivity index (χ0) is 13.3. The second-order valence-corrected chi connectivity index (χ2v) is 7.25. The maximum absolute atomic E-state index is 12.5. The van der Waals surface area contributed by atoms with Crippen LogP contribution in [-0.4, -0.2) is 23.3 Å². The van der Waals surface area contributed by atoms with E-state index in [1.807, 2.05) is 19.1 Å². The van der Waals surface area contributed by atoms with Crippen LogP contribution in [0.15, 0.2) is 12.2 Å². The van der Waals surface area contributed by atoms with Gasteiger partial charge in [0.05, 0.1) is 29.5 Å². The highest BCUT2D eigenvalue weighted by atomic mass is 16.5. The monoisotopic (exact) mass is 248 g/mol. The molecule has 98 valence electrons. The van der Waals surface area contributed by atoms with Gasteiger partial charge >= 0.3 is 0 Å². The number of rotatable bonds is 1. The highest BCUT2D eigenvalue weighted by molar-refractivity contribution is 6.13. The van der Waals surface area contributed by atoms with E-state index in [-0.39, 0.29) is 34.9 Å². The van der Waals surface area contributed by atoms with E-state index in [1.165, 1.54) is 0 Å². The predicted molar refractivity (Wildman–Crippen MR) is 67.0 cm³/mol. The lowest BCUT2D eigenvalue weighted by Crippen LogP contribution is -2.35. The topological polar surface area (TPSA) is 43.4 Å². The van der Waals surface area contributed by atoms with E-state index >= 15 is 0 Å². The summed E-state index contributed by atoms with van der Waals surface area (Å²) in [5, 5.41) is 0. The number of carbonyl (C=O) groups is 2. The van der Waals surface area contributed by atoms with E-state index in [9.17, 15) is 9.59 Å². The largest absolute Gasteiger partial charge is 0.362 e. The SMILES string of the molecule is CC(C)(C)CC1C(=O)C2C3C=CC(C)(O3)C2C1=O. The average Bonchev–Trinajstić information content (AvgIpc) is 2.81. The first-order valence-electron chi connectivity index (χ1n) is 6.68. The molecule has 3 rings (SSSR count). The van der Waals surface area contributed by atoms with Gasteiger partial charge in [-0.1, -0.05) is 32.9 Å². The molecule has 0 spiro atoms. The van der Waals surface area contributed by atoms with Crippen molar-refractivity contribution in [3.8, 4) is 0 Å². The van der Waals surface area contributed by atoms with Crippen LogP contribution in [-0.2, 0) is 14.3 Å². The molecule has 1 saturated carbocycles. The summed E-state index contributed by atoms with van der Waals surface area (Å²) in [7, 11) is 0. The molecule has 0 N–H and O–H groups in total. The molecule has 0 amide bonds. The van der Waals surface area contributed by atoms with Crippen LogP contribution in [0.2, 0.25) is 0 Å². The molecule has 5 unspecified atom stereocenters. The Morgan fingerprint density at radius 1 is 1.28 bits per heavy atom.